The van der Waals surface area contributed by atoms with Gasteiger partial charge in [-0.3, -0.25) is 4.79 Å². The van der Waals surface area contributed by atoms with Gasteiger partial charge >= 0.3 is 6.03 Å². The molecule has 0 fully saturated rings. The summed E-state index contributed by atoms with van der Waals surface area (Å²) in [6.07, 6.45) is 0.824. The summed E-state index contributed by atoms with van der Waals surface area (Å²) in [4.78, 5) is 34.5. The molecule has 148 valence electrons. The molecule has 0 heterocycles. The number of primary amides is 1. The number of hydrogen-bond donors (Lipinski definition) is 4. The maximum absolute atomic E-state index is 12.3. The molecular weight excluding hydrogens is 350 g/mol. The van der Waals surface area contributed by atoms with E-state index in [0.29, 0.717) is 12.7 Å². The van der Waals surface area contributed by atoms with Crippen molar-refractivity contribution in [2.45, 2.75) is 51.3 Å². The first-order valence-corrected chi connectivity index (χ1v) is 8.47. The molecule has 6 N–H and O–H groups in total. The largest absolute Gasteiger partial charge is 0.474 e. The van der Waals surface area contributed by atoms with E-state index in [1.165, 1.54) is 0 Å². The first kappa shape index (κ1) is 22.1. The van der Waals surface area contributed by atoms with Crippen molar-refractivity contribution in [2.75, 3.05) is 0 Å². The summed E-state index contributed by atoms with van der Waals surface area (Å²) >= 11 is 0. The van der Waals surface area contributed by atoms with Crippen molar-refractivity contribution < 1.29 is 19.1 Å². The number of hydrazone groups is 1. The summed E-state index contributed by atoms with van der Waals surface area (Å²) in [6.45, 7) is 5.32. The van der Waals surface area contributed by atoms with E-state index < -0.39 is 29.6 Å². The summed E-state index contributed by atoms with van der Waals surface area (Å²) in [6, 6.07) is 6.69. The van der Waals surface area contributed by atoms with Gasteiger partial charge in [0.15, 0.2) is 0 Å². The third-order valence-corrected chi connectivity index (χ3v) is 3.24. The zero-order valence-electron chi connectivity index (χ0n) is 15.8. The average molecular weight is 377 g/mol. The highest BCUT2D eigenvalue weighted by molar-refractivity contribution is 5.87. The normalized spacial score (nSPS) is 14.0. The van der Waals surface area contributed by atoms with E-state index >= 15 is 0 Å². The molecule has 1 rings (SSSR count). The molecule has 0 unspecified atom stereocenters. The van der Waals surface area contributed by atoms with Gasteiger partial charge in [0.25, 0.3) is 0 Å². The van der Waals surface area contributed by atoms with Crippen molar-refractivity contribution in [1.82, 2.24) is 10.7 Å². The highest BCUT2D eigenvalue weighted by Gasteiger charge is 2.23. The Morgan fingerprint density at radius 2 is 1.89 bits per heavy atom. The Labute approximate surface area is 158 Å². The van der Waals surface area contributed by atoms with Gasteiger partial charge in [0.2, 0.25) is 11.8 Å². The minimum Gasteiger partial charge on any atom is -0.474 e. The van der Waals surface area contributed by atoms with E-state index in [0.717, 1.165) is 5.56 Å². The van der Waals surface area contributed by atoms with Gasteiger partial charge in [-0.15, -0.1) is 5.10 Å². The molecule has 0 radical (unpaired) electrons. The van der Waals surface area contributed by atoms with Gasteiger partial charge in [-0.2, -0.15) is 0 Å². The van der Waals surface area contributed by atoms with Crippen molar-refractivity contribution in [3.05, 3.63) is 35.9 Å². The van der Waals surface area contributed by atoms with E-state index in [4.69, 9.17) is 16.2 Å². The molecule has 9 heteroatoms. The molecule has 0 spiro atoms. The van der Waals surface area contributed by atoms with Crippen LogP contribution in [0.3, 0.4) is 0 Å². The Hall–Kier alpha value is -2.94. The number of nitrogens with zero attached hydrogens (tertiary/aromatic N) is 1. The van der Waals surface area contributed by atoms with Crippen LogP contribution >= 0.6 is 0 Å². The van der Waals surface area contributed by atoms with Crippen LogP contribution < -0.4 is 22.2 Å². The molecule has 1 aromatic carbocycles. The Morgan fingerprint density at radius 3 is 2.41 bits per heavy atom. The Bertz CT molecular complexity index is 670. The lowest BCUT2D eigenvalue weighted by atomic mass is 10.1. The summed E-state index contributed by atoms with van der Waals surface area (Å²) < 4.78 is 5.60. The van der Waals surface area contributed by atoms with Crippen molar-refractivity contribution >= 4 is 24.1 Å². The minimum absolute atomic E-state index is 0.0512. The quantitative estimate of drug-likeness (QED) is 0.224. The molecule has 0 aromatic heterocycles. The van der Waals surface area contributed by atoms with Crippen LogP contribution in [0.4, 0.5) is 4.79 Å². The second-order valence-electron chi connectivity index (χ2n) is 6.95. The van der Waals surface area contributed by atoms with Crippen LogP contribution in [0.25, 0.3) is 0 Å². The predicted octanol–water partition coefficient (Wildman–Crippen LogP) is 0.427. The lowest BCUT2D eigenvalue weighted by molar-refractivity contribution is -0.125. The molecule has 0 aliphatic carbocycles. The van der Waals surface area contributed by atoms with E-state index in [9.17, 15) is 14.4 Å². The number of ether oxygens (including phenoxy) is 1. The van der Waals surface area contributed by atoms with Gasteiger partial charge in [-0.1, -0.05) is 30.3 Å². The third-order valence-electron chi connectivity index (χ3n) is 3.24. The Morgan fingerprint density at radius 1 is 1.26 bits per heavy atom. The van der Waals surface area contributed by atoms with Crippen molar-refractivity contribution in [1.29, 1.82) is 0 Å². The fourth-order valence-electron chi connectivity index (χ4n) is 2.15. The van der Waals surface area contributed by atoms with Gasteiger partial charge in [0, 0.05) is 0 Å². The van der Waals surface area contributed by atoms with Crippen LogP contribution in [0.1, 0.15) is 32.8 Å². The fourth-order valence-corrected chi connectivity index (χ4v) is 2.15. The fraction of sp³-hybridized carbons (Fsp3) is 0.444. The second kappa shape index (κ2) is 10.3. The van der Waals surface area contributed by atoms with Gasteiger partial charge in [0.1, 0.15) is 11.9 Å². The van der Waals surface area contributed by atoms with Crippen molar-refractivity contribution in [3.63, 3.8) is 0 Å². The van der Waals surface area contributed by atoms with Crippen LogP contribution in [0.15, 0.2) is 35.4 Å². The predicted molar refractivity (Wildman–Crippen MR) is 102 cm³/mol. The van der Waals surface area contributed by atoms with Gasteiger partial charge in [0.05, 0.1) is 18.5 Å². The molecule has 0 saturated heterocycles. The van der Waals surface area contributed by atoms with E-state index in [-0.39, 0.29) is 12.3 Å². The molecule has 27 heavy (non-hydrogen) atoms. The number of urea groups is 1. The maximum Gasteiger partial charge on any atom is 0.332 e. The molecule has 3 amide bonds. The second-order valence-corrected chi connectivity index (χ2v) is 6.95. The average Bonchev–Trinajstić information content (AvgIpc) is 2.58. The van der Waals surface area contributed by atoms with Crippen molar-refractivity contribution in [2.24, 2.45) is 16.6 Å². The van der Waals surface area contributed by atoms with Crippen LogP contribution in [0.5, 0.6) is 0 Å². The zero-order valence-corrected chi connectivity index (χ0v) is 15.8. The molecule has 0 aliphatic rings. The zero-order chi connectivity index (χ0) is 20.4. The van der Waals surface area contributed by atoms with Crippen molar-refractivity contribution in [3.8, 4) is 0 Å². The Kier molecular flexibility index (Phi) is 8.40. The molecule has 2 atom stereocenters. The highest BCUT2D eigenvalue weighted by atomic mass is 16.5. The highest BCUT2D eigenvalue weighted by Crippen LogP contribution is 2.10. The van der Waals surface area contributed by atoms with E-state index in [2.05, 4.69) is 15.8 Å². The maximum atomic E-state index is 12.3. The molecule has 0 aliphatic heterocycles. The number of nitrogens with one attached hydrogen (secondary N) is 2. The number of aldehydes is 1. The minimum atomic E-state index is -0.921. The van der Waals surface area contributed by atoms with Gasteiger partial charge in [-0.25, -0.2) is 10.2 Å². The lowest BCUT2D eigenvalue weighted by Crippen LogP contribution is -2.48. The molecule has 0 bridgehead atoms. The number of amides is 3. The number of nitrogens with two attached hydrogens (primary N) is 2. The number of hydrogen-bond acceptors (Lipinski definition) is 6. The SMILES string of the molecule is CC(C)(C)OC(C[C@@H](C=O)NC(=O)[C@@H](N)Cc1ccccc1)=NNC(N)=O. The number of benzene rings is 1. The van der Waals surface area contributed by atoms with Crippen LogP contribution in [-0.4, -0.2) is 41.8 Å². The Balaban J connectivity index is 2.73. The number of carbonyl (C=O) groups is 3. The van der Waals surface area contributed by atoms with Gasteiger partial charge in [-0.05, 0) is 32.8 Å². The van der Waals surface area contributed by atoms with Crippen LogP contribution in [0.2, 0.25) is 0 Å². The van der Waals surface area contributed by atoms with Gasteiger partial charge < -0.3 is 26.3 Å². The van der Waals surface area contributed by atoms with E-state index in [1.807, 2.05) is 30.3 Å². The third kappa shape index (κ3) is 9.36. The molecular formula is C18H27N5O4. The van der Waals surface area contributed by atoms with E-state index in [1.54, 1.807) is 20.8 Å². The number of carbonyl (C=O) groups excluding carboxylic acids is 3. The number of rotatable bonds is 8. The molecule has 0 saturated carbocycles. The summed E-state index contributed by atoms with van der Waals surface area (Å²) in [5.41, 5.74) is 13.3. The summed E-state index contributed by atoms with van der Waals surface area (Å²) in [7, 11) is 0. The first-order valence-electron chi connectivity index (χ1n) is 8.47. The molecule has 9 nitrogen and oxygen atoms in total. The first-order chi connectivity index (χ1) is 12.6. The smallest absolute Gasteiger partial charge is 0.332 e. The monoisotopic (exact) mass is 377 g/mol. The van der Waals surface area contributed by atoms with Crippen LogP contribution in [0, 0.1) is 0 Å². The van der Waals surface area contributed by atoms with Crippen LogP contribution in [-0.2, 0) is 20.7 Å². The topological polar surface area (TPSA) is 149 Å². The standard InChI is InChI=1S/C18H27N5O4/c1-18(2,3)27-15(22-23-17(20)26)10-13(11-24)21-16(25)14(19)9-12-7-5-4-6-8-12/h4-8,11,13-14H,9-10,19H2,1-3H3,(H,21,25)(H3,20,23,26)/t13-,14-/m0/s1. The summed E-state index contributed by atoms with van der Waals surface area (Å²) in [5, 5.41) is 6.30. The summed E-state index contributed by atoms with van der Waals surface area (Å²) in [5.74, 6) is -0.427. The lowest BCUT2D eigenvalue weighted by Gasteiger charge is -2.24. The molecule has 1 aromatic rings.